The molecule has 1 aromatic carbocycles. The maximum atomic E-state index is 12.5. The number of morpholine rings is 1. The molecule has 1 aliphatic heterocycles. The second-order valence-corrected chi connectivity index (χ2v) is 6.29. The number of hydrogen-bond acceptors (Lipinski definition) is 5. The van der Waals surface area contributed by atoms with Gasteiger partial charge in [0, 0.05) is 22.5 Å². The Morgan fingerprint density at radius 1 is 1.43 bits per heavy atom. The molecule has 6 nitrogen and oxygen atoms in total. The van der Waals surface area contributed by atoms with Gasteiger partial charge in [-0.05, 0) is 12.1 Å². The molecule has 23 heavy (non-hydrogen) atoms. The first kappa shape index (κ1) is 15.9. The molecule has 0 saturated carbocycles. The minimum atomic E-state index is -1.07. The topological polar surface area (TPSA) is 79.7 Å². The quantitative estimate of drug-likeness (QED) is 0.917. The van der Waals surface area contributed by atoms with E-state index in [0.717, 1.165) is 5.56 Å². The lowest BCUT2D eigenvalue weighted by atomic mass is 10.2. The maximum absolute atomic E-state index is 12.5. The number of benzene rings is 1. The molecular formula is C15H13ClN2O4S. The third-order valence-corrected chi connectivity index (χ3v) is 4.55. The van der Waals surface area contributed by atoms with E-state index in [2.05, 4.69) is 4.98 Å². The minimum absolute atomic E-state index is 0.0260. The molecule has 1 aromatic heterocycles. The third-order valence-electron chi connectivity index (χ3n) is 3.42. The Labute approximate surface area is 141 Å². The molecule has 0 radical (unpaired) electrons. The fourth-order valence-corrected chi connectivity index (χ4v) is 3.25. The second-order valence-electron chi connectivity index (χ2n) is 5.00. The van der Waals surface area contributed by atoms with Crippen LogP contribution in [0.3, 0.4) is 0 Å². The van der Waals surface area contributed by atoms with E-state index >= 15 is 0 Å². The molecule has 0 bridgehead atoms. The van der Waals surface area contributed by atoms with Gasteiger partial charge < -0.3 is 14.7 Å². The molecule has 1 N–H and O–H groups in total. The number of carboxylic acid groups (broad SMARTS) is 1. The van der Waals surface area contributed by atoms with Crippen molar-refractivity contribution in [3.63, 3.8) is 0 Å². The first-order chi connectivity index (χ1) is 11.0. The van der Waals surface area contributed by atoms with Gasteiger partial charge >= 0.3 is 5.97 Å². The van der Waals surface area contributed by atoms with Crippen molar-refractivity contribution in [2.24, 2.45) is 0 Å². The van der Waals surface area contributed by atoms with Crippen molar-refractivity contribution in [1.82, 2.24) is 9.88 Å². The summed E-state index contributed by atoms with van der Waals surface area (Å²) in [5.74, 6) is -1.36. The standard InChI is InChI=1S/C15H13ClN2O4S/c16-10-3-1-2-9(6-10)13-17-11(8-23-13)14(19)18-4-5-22-12(7-18)15(20)21/h1-3,6,8,12H,4-5,7H2,(H,20,21)/t12-/m0/s1. The number of thiazole rings is 1. The lowest BCUT2D eigenvalue weighted by Crippen LogP contribution is -2.48. The highest BCUT2D eigenvalue weighted by molar-refractivity contribution is 7.13. The summed E-state index contributed by atoms with van der Waals surface area (Å²) < 4.78 is 5.12. The van der Waals surface area contributed by atoms with Crippen LogP contribution in [0.15, 0.2) is 29.6 Å². The Bertz CT molecular complexity index is 749. The minimum Gasteiger partial charge on any atom is -0.479 e. The highest BCUT2D eigenvalue weighted by Gasteiger charge is 2.30. The largest absolute Gasteiger partial charge is 0.479 e. The summed E-state index contributed by atoms with van der Waals surface area (Å²) >= 11 is 7.31. The summed E-state index contributed by atoms with van der Waals surface area (Å²) in [6, 6.07) is 7.24. The number of carbonyl (C=O) groups is 2. The molecule has 2 heterocycles. The van der Waals surface area contributed by atoms with E-state index in [1.807, 2.05) is 12.1 Å². The molecule has 0 aliphatic carbocycles. The molecule has 3 rings (SSSR count). The number of ether oxygens (including phenoxy) is 1. The van der Waals surface area contributed by atoms with Crippen LogP contribution in [-0.2, 0) is 9.53 Å². The van der Waals surface area contributed by atoms with E-state index < -0.39 is 12.1 Å². The Balaban J connectivity index is 1.77. The summed E-state index contributed by atoms with van der Waals surface area (Å²) in [7, 11) is 0. The summed E-state index contributed by atoms with van der Waals surface area (Å²) in [5.41, 5.74) is 1.14. The smallest absolute Gasteiger partial charge is 0.334 e. The van der Waals surface area contributed by atoms with Crippen molar-refractivity contribution in [2.75, 3.05) is 19.7 Å². The molecule has 1 saturated heterocycles. The zero-order valence-electron chi connectivity index (χ0n) is 11.9. The highest BCUT2D eigenvalue weighted by Crippen LogP contribution is 2.26. The molecule has 0 spiro atoms. The van der Waals surface area contributed by atoms with Crippen LogP contribution >= 0.6 is 22.9 Å². The van der Waals surface area contributed by atoms with Crippen LogP contribution in [0.2, 0.25) is 5.02 Å². The monoisotopic (exact) mass is 352 g/mol. The molecular weight excluding hydrogens is 340 g/mol. The molecule has 2 aromatic rings. The van der Waals surface area contributed by atoms with Crippen molar-refractivity contribution in [3.05, 3.63) is 40.4 Å². The Kier molecular flexibility index (Phi) is 4.61. The average molecular weight is 353 g/mol. The van der Waals surface area contributed by atoms with Crippen LogP contribution in [0, 0.1) is 0 Å². The number of nitrogens with zero attached hydrogens (tertiary/aromatic N) is 2. The Hall–Kier alpha value is -1.96. The van der Waals surface area contributed by atoms with Gasteiger partial charge in [-0.2, -0.15) is 0 Å². The van der Waals surface area contributed by atoms with E-state index in [1.54, 1.807) is 17.5 Å². The molecule has 8 heteroatoms. The van der Waals surface area contributed by atoms with Crippen molar-refractivity contribution in [3.8, 4) is 10.6 Å². The van der Waals surface area contributed by atoms with Gasteiger partial charge in [0.2, 0.25) is 0 Å². The number of aliphatic carboxylic acids is 1. The second kappa shape index (κ2) is 6.66. The van der Waals surface area contributed by atoms with Gasteiger partial charge in [-0.15, -0.1) is 11.3 Å². The van der Waals surface area contributed by atoms with Crippen molar-refractivity contribution < 1.29 is 19.4 Å². The first-order valence-corrected chi connectivity index (χ1v) is 8.15. The fourth-order valence-electron chi connectivity index (χ4n) is 2.27. The predicted molar refractivity (Wildman–Crippen MR) is 85.8 cm³/mol. The van der Waals surface area contributed by atoms with Crippen molar-refractivity contribution in [1.29, 1.82) is 0 Å². The van der Waals surface area contributed by atoms with Gasteiger partial charge in [-0.1, -0.05) is 23.7 Å². The van der Waals surface area contributed by atoms with E-state index in [1.165, 1.54) is 16.2 Å². The summed E-state index contributed by atoms with van der Waals surface area (Å²) in [6.07, 6.45) is -0.987. The number of carbonyl (C=O) groups excluding carboxylic acids is 1. The number of carboxylic acids is 1. The van der Waals surface area contributed by atoms with Crippen LogP contribution in [0.5, 0.6) is 0 Å². The van der Waals surface area contributed by atoms with Crippen LogP contribution in [0.1, 0.15) is 10.5 Å². The molecule has 0 unspecified atom stereocenters. The number of rotatable bonds is 3. The number of aromatic nitrogens is 1. The van der Waals surface area contributed by atoms with E-state index in [9.17, 15) is 9.59 Å². The van der Waals surface area contributed by atoms with Gasteiger partial charge in [0.1, 0.15) is 10.7 Å². The van der Waals surface area contributed by atoms with E-state index in [0.29, 0.717) is 22.3 Å². The lowest BCUT2D eigenvalue weighted by molar-refractivity contribution is -0.154. The third kappa shape index (κ3) is 3.52. The van der Waals surface area contributed by atoms with Gasteiger partial charge in [0.15, 0.2) is 6.10 Å². The van der Waals surface area contributed by atoms with Crippen molar-refractivity contribution >= 4 is 34.8 Å². The van der Waals surface area contributed by atoms with Crippen LogP contribution in [0.4, 0.5) is 0 Å². The normalized spacial score (nSPS) is 18.0. The summed E-state index contributed by atoms with van der Waals surface area (Å²) in [5, 5.41) is 12.0. The Morgan fingerprint density at radius 3 is 3.00 bits per heavy atom. The lowest BCUT2D eigenvalue weighted by Gasteiger charge is -2.30. The van der Waals surface area contributed by atoms with Gasteiger partial charge in [0.25, 0.3) is 5.91 Å². The predicted octanol–water partition coefficient (Wildman–Crippen LogP) is 2.39. The van der Waals surface area contributed by atoms with E-state index in [-0.39, 0.29) is 19.1 Å². The number of halogens is 1. The van der Waals surface area contributed by atoms with Crippen LogP contribution < -0.4 is 0 Å². The fraction of sp³-hybridized carbons (Fsp3) is 0.267. The average Bonchev–Trinajstić information content (AvgIpc) is 3.04. The highest BCUT2D eigenvalue weighted by atomic mass is 35.5. The summed E-state index contributed by atoms with van der Waals surface area (Å²) in [4.78, 5) is 29.3. The first-order valence-electron chi connectivity index (χ1n) is 6.90. The molecule has 1 aliphatic rings. The molecule has 1 atom stereocenters. The van der Waals surface area contributed by atoms with Crippen LogP contribution in [-0.4, -0.2) is 52.7 Å². The SMILES string of the molecule is O=C(O)[C@@H]1CN(C(=O)c2csc(-c3cccc(Cl)c3)n2)CCO1. The molecule has 1 fully saturated rings. The molecule has 120 valence electrons. The van der Waals surface area contributed by atoms with Gasteiger partial charge in [-0.25, -0.2) is 9.78 Å². The Morgan fingerprint density at radius 2 is 2.26 bits per heavy atom. The van der Waals surface area contributed by atoms with Crippen molar-refractivity contribution in [2.45, 2.75) is 6.10 Å². The summed E-state index contributed by atoms with van der Waals surface area (Å²) in [6.45, 7) is 0.582. The zero-order chi connectivity index (χ0) is 16.4. The maximum Gasteiger partial charge on any atom is 0.334 e. The molecule has 1 amide bonds. The number of amides is 1. The zero-order valence-corrected chi connectivity index (χ0v) is 13.5. The van der Waals surface area contributed by atoms with Crippen LogP contribution in [0.25, 0.3) is 10.6 Å². The van der Waals surface area contributed by atoms with Gasteiger partial charge in [0.05, 0.1) is 13.2 Å². The van der Waals surface area contributed by atoms with Gasteiger partial charge in [-0.3, -0.25) is 4.79 Å². The number of hydrogen-bond donors (Lipinski definition) is 1. The van der Waals surface area contributed by atoms with E-state index in [4.69, 9.17) is 21.4 Å².